The summed E-state index contributed by atoms with van der Waals surface area (Å²) in [7, 11) is 0. The SMILES string of the molecule is CC1(C)CCc2sc(-c3ccccc3OC3CC4CN(N)CC4C3)c(C(=O)O)c2C1. The first-order valence-electron chi connectivity index (χ1n) is 10.9. The van der Waals surface area contributed by atoms with E-state index >= 15 is 0 Å². The maximum absolute atomic E-state index is 12.3. The fourth-order valence-electron chi connectivity index (χ4n) is 5.65. The molecule has 2 unspecified atom stereocenters. The first-order chi connectivity index (χ1) is 14.3. The van der Waals surface area contributed by atoms with Gasteiger partial charge in [0.15, 0.2) is 0 Å². The lowest BCUT2D eigenvalue weighted by molar-refractivity contribution is 0.0696. The minimum atomic E-state index is -0.826. The number of nitrogens with two attached hydrogens (primary N) is 1. The van der Waals surface area contributed by atoms with Crippen LogP contribution in [0.15, 0.2) is 24.3 Å². The number of para-hydroxylation sites is 1. The van der Waals surface area contributed by atoms with Gasteiger partial charge in [-0.3, -0.25) is 5.84 Å². The number of hydrogen-bond donors (Lipinski definition) is 2. The van der Waals surface area contributed by atoms with Gasteiger partial charge in [-0.2, -0.15) is 0 Å². The summed E-state index contributed by atoms with van der Waals surface area (Å²) in [6, 6.07) is 7.97. The van der Waals surface area contributed by atoms with Crippen LogP contribution in [-0.2, 0) is 12.8 Å². The van der Waals surface area contributed by atoms with Crippen molar-refractivity contribution in [2.45, 2.75) is 52.1 Å². The number of thiophene rings is 1. The third-order valence-corrected chi connectivity index (χ3v) is 8.48. The number of aromatic carboxylic acids is 1. The van der Waals surface area contributed by atoms with Crippen LogP contribution in [-0.4, -0.2) is 35.3 Å². The summed E-state index contributed by atoms with van der Waals surface area (Å²) in [4.78, 5) is 14.4. The number of fused-ring (bicyclic) bond motifs is 2. The lowest BCUT2D eigenvalue weighted by Crippen LogP contribution is -2.30. The second kappa shape index (κ2) is 7.36. The van der Waals surface area contributed by atoms with Gasteiger partial charge < -0.3 is 9.84 Å². The summed E-state index contributed by atoms with van der Waals surface area (Å²) >= 11 is 1.65. The number of hydrogen-bond acceptors (Lipinski definition) is 5. The number of carboxylic acid groups (broad SMARTS) is 1. The van der Waals surface area contributed by atoms with E-state index in [2.05, 4.69) is 13.8 Å². The summed E-state index contributed by atoms with van der Waals surface area (Å²) < 4.78 is 6.49. The Balaban J connectivity index is 1.48. The van der Waals surface area contributed by atoms with E-state index in [-0.39, 0.29) is 11.5 Å². The molecule has 1 aromatic carbocycles. The molecule has 2 aliphatic carbocycles. The van der Waals surface area contributed by atoms with Crippen LogP contribution in [0.1, 0.15) is 53.9 Å². The summed E-state index contributed by atoms with van der Waals surface area (Å²) in [5, 5.41) is 12.0. The number of nitrogens with zero attached hydrogens (tertiary/aromatic N) is 1. The summed E-state index contributed by atoms with van der Waals surface area (Å²) in [5.41, 5.74) is 2.59. The highest BCUT2D eigenvalue weighted by Crippen LogP contribution is 2.48. The average molecular weight is 427 g/mol. The molecule has 1 saturated carbocycles. The monoisotopic (exact) mass is 426 g/mol. The Morgan fingerprint density at radius 3 is 2.63 bits per heavy atom. The van der Waals surface area contributed by atoms with Crippen LogP contribution in [0, 0.1) is 17.3 Å². The second-order valence-corrected chi connectivity index (χ2v) is 11.1. The Hall–Kier alpha value is -1.89. The Morgan fingerprint density at radius 2 is 1.93 bits per heavy atom. The van der Waals surface area contributed by atoms with Crippen molar-refractivity contribution in [1.82, 2.24) is 5.01 Å². The number of rotatable bonds is 4. The minimum absolute atomic E-state index is 0.143. The maximum Gasteiger partial charge on any atom is 0.337 e. The highest BCUT2D eigenvalue weighted by atomic mass is 32.1. The first-order valence-corrected chi connectivity index (χ1v) is 11.8. The molecule has 0 bridgehead atoms. The standard InChI is InChI=1S/C24H30N2O3S/c1-24(2)8-7-20-18(11-24)21(23(27)28)22(30-20)17-5-3-4-6-19(17)29-16-9-14-12-26(25)13-15(14)10-16/h3-6,14-16H,7-13,25H2,1-2H3,(H,27,28). The summed E-state index contributed by atoms with van der Waals surface area (Å²) in [6.45, 7) is 6.36. The number of carboxylic acids is 1. The Labute approximate surface area is 181 Å². The molecule has 1 saturated heterocycles. The van der Waals surface area contributed by atoms with Crippen LogP contribution in [0.2, 0.25) is 0 Å². The van der Waals surface area contributed by atoms with Crippen molar-refractivity contribution in [3.63, 3.8) is 0 Å². The average Bonchev–Trinajstić information content (AvgIpc) is 3.31. The van der Waals surface area contributed by atoms with E-state index in [9.17, 15) is 9.90 Å². The van der Waals surface area contributed by atoms with E-state index in [4.69, 9.17) is 10.6 Å². The van der Waals surface area contributed by atoms with Crippen molar-refractivity contribution in [1.29, 1.82) is 0 Å². The predicted octanol–water partition coefficient (Wildman–Crippen LogP) is 4.59. The van der Waals surface area contributed by atoms with Crippen molar-refractivity contribution >= 4 is 17.3 Å². The number of aryl methyl sites for hydroxylation is 1. The molecule has 2 aromatic rings. The molecule has 0 spiro atoms. The molecule has 3 aliphatic rings. The third-order valence-electron chi connectivity index (χ3n) is 7.15. The fraction of sp³-hybridized carbons (Fsp3) is 0.542. The third kappa shape index (κ3) is 3.55. The molecule has 3 N–H and O–H groups in total. The van der Waals surface area contributed by atoms with Gasteiger partial charge >= 0.3 is 5.97 Å². The fourth-order valence-corrected chi connectivity index (χ4v) is 6.99. The van der Waals surface area contributed by atoms with E-state index in [1.54, 1.807) is 11.3 Å². The second-order valence-electron chi connectivity index (χ2n) is 10.0. The van der Waals surface area contributed by atoms with Crippen molar-refractivity contribution in [2.75, 3.05) is 13.1 Å². The topological polar surface area (TPSA) is 75.8 Å². The van der Waals surface area contributed by atoms with E-state index in [1.165, 1.54) is 4.88 Å². The molecule has 160 valence electrons. The van der Waals surface area contributed by atoms with Crippen LogP contribution < -0.4 is 10.6 Å². The van der Waals surface area contributed by atoms with Crippen molar-refractivity contribution in [2.24, 2.45) is 23.1 Å². The zero-order chi connectivity index (χ0) is 21.0. The van der Waals surface area contributed by atoms with Gasteiger partial charge in [-0.05, 0) is 67.1 Å². The predicted molar refractivity (Wildman–Crippen MR) is 119 cm³/mol. The Kier molecular flexibility index (Phi) is 4.92. The van der Waals surface area contributed by atoms with Crippen LogP contribution in [0.4, 0.5) is 0 Å². The van der Waals surface area contributed by atoms with Crippen LogP contribution in [0.25, 0.3) is 10.4 Å². The molecule has 1 aromatic heterocycles. The van der Waals surface area contributed by atoms with Gasteiger partial charge in [-0.15, -0.1) is 11.3 Å². The normalized spacial score (nSPS) is 27.6. The molecule has 0 amide bonds. The minimum Gasteiger partial charge on any atom is -0.490 e. The summed E-state index contributed by atoms with van der Waals surface area (Å²) in [6.07, 6.45) is 5.10. The van der Waals surface area contributed by atoms with Gasteiger partial charge in [0.2, 0.25) is 0 Å². The van der Waals surface area contributed by atoms with Crippen molar-refractivity contribution < 1.29 is 14.6 Å². The van der Waals surface area contributed by atoms with Crippen LogP contribution in [0.3, 0.4) is 0 Å². The van der Waals surface area contributed by atoms with E-state index in [0.717, 1.165) is 66.9 Å². The molecule has 2 atom stereocenters. The molecule has 5 rings (SSSR count). The number of ether oxygens (including phenoxy) is 1. The van der Waals surface area contributed by atoms with Crippen LogP contribution in [0.5, 0.6) is 5.75 Å². The zero-order valence-corrected chi connectivity index (χ0v) is 18.5. The Bertz CT molecular complexity index is 969. The molecule has 5 nitrogen and oxygen atoms in total. The van der Waals surface area contributed by atoms with E-state index in [0.29, 0.717) is 17.4 Å². The highest BCUT2D eigenvalue weighted by molar-refractivity contribution is 7.16. The van der Waals surface area contributed by atoms with E-state index in [1.807, 2.05) is 29.3 Å². The molecule has 30 heavy (non-hydrogen) atoms. The number of carbonyl (C=O) groups is 1. The van der Waals surface area contributed by atoms with Crippen molar-refractivity contribution in [3.8, 4) is 16.2 Å². The Morgan fingerprint density at radius 1 is 1.23 bits per heavy atom. The molecule has 0 radical (unpaired) electrons. The highest BCUT2D eigenvalue weighted by Gasteiger charge is 2.41. The summed E-state index contributed by atoms with van der Waals surface area (Å²) in [5.74, 6) is 7.18. The lowest BCUT2D eigenvalue weighted by Gasteiger charge is -2.29. The molecule has 6 heteroatoms. The number of benzene rings is 1. The number of hydrazine groups is 1. The quantitative estimate of drug-likeness (QED) is 0.700. The van der Waals surface area contributed by atoms with Gasteiger partial charge in [-0.25, -0.2) is 9.80 Å². The van der Waals surface area contributed by atoms with Crippen molar-refractivity contribution in [3.05, 3.63) is 40.3 Å². The van der Waals surface area contributed by atoms with E-state index < -0.39 is 5.97 Å². The van der Waals surface area contributed by atoms with Gasteiger partial charge in [0, 0.05) is 23.5 Å². The largest absolute Gasteiger partial charge is 0.490 e. The van der Waals surface area contributed by atoms with Gasteiger partial charge in [-0.1, -0.05) is 26.0 Å². The molecule has 2 heterocycles. The first kappa shape index (κ1) is 20.0. The van der Waals surface area contributed by atoms with Crippen LogP contribution >= 0.6 is 11.3 Å². The smallest absolute Gasteiger partial charge is 0.337 e. The molecular formula is C24H30N2O3S. The molecule has 1 aliphatic heterocycles. The van der Waals surface area contributed by atoms with Gasteiger partial charge in [0.05, 0.1) is 16.5 Å². The van der Waals surface area contributed by atoms with Gasteiger partial charge in [0.1, 0.15) is 5.75 Å². The molecule has 2 fully saturated rings. The molecular weight excluding hydrogens is 396 g/mol. The lowest BCUT2D eigenvalue weighted by atomic mass is 9.76. The van der Waals surface area contributed by atoms with Gasteiger partial charge in [0.25, 0.3) is 0 Å². The zero-order valence-electron chi connectivity index (χ0n) is 17.7. The maximum atomic E-state index is 12.3.